The number of nitrogens with one attached hydrogen (secondary N) is 1. The summed E-state index contributed by atoms with van der Waals surface area (Å²) in [7, 11) is 3.16. The van der Waals surface area contributed by atoms with Gasteiger partial charge in [-0.25, -0.2) is 0 Å². The molecule has 3 rings (SSSR count). The number of amides is 2. The molecular weight excluding hydrogens is 384 g/mol. The van der Waals surface area contributed by atoms with E-state index in [1.165, 1.54) is 0 Å². The fourth-order valence-corrected chi connectivity index (χ4v) is 3.41. The molecule has 0 aromatic heterocycles. The van der Waals surface area contributed by atoms with Crippen molar-refractivity contribution < 1.29 is 23.8 Å². The molecule has 7 heteroatoms. The monoisotopic (exact) mass is 412 g/mol. The van der Waals surface area contributed by atoms with E-state index in [1.807, 2.05) is 0 Å². The molecule has 0 aliphatic carbocycles. The lowest BCUT2D eigenvalue weighted by Crippen LogP contribution is -2.31. The Bertz CT molecular complexity index is 895. The number of benzene rings is 2. The first-order valence-electron chi connectivity index (χ1n) is 9.98. The van der Waals surface area contributed by atoms with Crippen LogP contribution in [-0.4, -0.2) is 44.0 Å². The van der Waals surface area contributed by atoms with E-state index >= 15 is 0 Å². The quantitative estimate of drug-likeness (QED) is 0.711. The predicted molar refractivity (Wildman–Crippen MR) is 114 cm³/mol. The van der Waals surface area contributed by atoms with Gasteiger partial charge < -0.3 is 24.4 Å². The highest BCUT2D eigenvalue weighted by atomic mass is 16.5. The number of nitrogens with zero attached hydrogens (tertiary/aromatic N) is 1. The Morgan fingerprint density at radius 2 is 1.77 bits per heavy atom. The minimum Gasteiger partial charge on any atom is -0.497 e. The maximum atomic E-state index is 12.7. The summed E-state index contributed by atoms with van der Waals surface area (Å²) >= 11 is 0. The molecule has 0 radical (unpaired) electrons. The van der Waals surface area contributed by atoms with Crippen LogP contribution in [0.15, 0.2) is 42.5 Å². The van der Waals surface area contributed by atoms with E-state index in [-0.39, 0.29) is 24.2 Å². The van der Waals surface area contributed by atoms with E-state index in [2.05, 4.69) is 19.2 Å². The number of hydrogen-bond donors (Lipinski definition) is 1. The SMILES string of the molecule is COc1ccc(Oc2cc(NC(=O)[C@H]3CC(=O)N(CC(C)C)C3)ccc2OC)cc1. The van der Waals surface area contributed by atoms with Gasteiger partial charge in [-0.3, -0.25) is 9.59 Å². The van der Waals surface area contributed by atoms with Gasteiger partial charge in [0.2, 0.25) is 11.8 Å². The number of anilines is 1. The topological polar surface area (TPSA) is 77.1 Å². The van der Waals surface area contributed by atoms with Crippen LogP contribution in [0.5, 0.6) is 23.0 Å². The summed E-state index contributed by atoms with van der Waals surface area (Å²) < 4.78 is 16.5. The molecule has 160 valence electrons. The second-order valence-electron chi connectivity index (χ2n) is 7.73. The lowest BCUT2D eigenvalue weighted by atomic mass is 10.1. The van der Waals surface area contributed by atoms with Gasteiger partial charge in [0.1, 0.15) is 11.5 Å². The second-order valence-corrected chi connectivity index (χ2v) is 7.73. The van der Waals surface area contributed by atoms with Crippen molar-refractivity contribution in [3.05, 3.63) is 42.5 Å². The largest absolute Gasteiger partial charge is 0.497 e. The number of rotatable bonds is 8. The third-order valence-electron chi connectivity index (χ3n) is 4.89. The van der Waals surface area contributed by atoms with Crippen molar-refractivity contribution in [2.24, 2.45) is 11.8 Å². The Morgan fingerprint density at radius 1 is 1.07 bits per heavy atom. The summed E-state index contributed by atoms with van der Waals surface area (Å²) in [5, 5.41) is 2.90. The smallest absolute Gasteiger partial charge is 0.229 e. The molecule has 7 nitrogen and oxygen atoms in total. The number of carbonyl (C=O) groups excluding carboxylic acids is 2. The van der Waals surface area contributed by atoms with Crippen LogP contribution in [0, 0.1) is 11.8 Å². The molecule has 1 aliphatic heterocycles. The van der Waals surface area contributed by atoms with Gasteiger partial charge >= 0.3 is 0 Å². The van der Waals surface area contributed by atoms with Crippen LogP contribution >= 0.6 is 0 Å². The molecule has 0 saturated carbocycles. The molecule has 2 amide bonds. The van der Waals surface area contributed by atoms with Crippen LogP contribution < -0.4 is 19.5 Å². The summed E-state index contributed by atoms with van der Waals surface area (Å²) in [6.07, 6.45) is 0.240. The molecule has 2 aromatic rings. The lowest BCUT2D eigenvalue weighted by Gasteiger charge is -2.19. The predicted octanol–water partition coefficient (Wildman–Crippen LogP) is 3.94. The van der Waals surface area contributed by atoms with Crippen molar-refractivity contribution in [3.8, 4) is 23.0 Å². The van der Waals surface area contributed by atoms with Gasteiger partial charge in [0, 0.05) is 31.3 Å². The Labute approximate surface area is 176 Å². The van der Waals surface area contributed by atoms with Gasteiger partial charge in [-0.05, 0) is 42.3 Å². The summed E-state index contributed by atoms with van der Waals surface area (Å²) in [4.78, 5) is 26.6. The lowest BCUT2D eigenvalue weighted by molar-refractivity contribution is -0.128. The van der Waals surface area contributed by atoms with Crippen LogP contribution in [0.25, 0.3) is 0 Å². The summed E-state index contributed by atoms with van der Waals surface area (Å²) in [5.41, 5.74) is 0.582. The molecule has 0 spiro atoms. The van der Waals surface area contributed by atoms with Crippen LogP contribution in [-0.2, 0) is 9.59 Å². The Hall–Kier alpha value is -3.22. The number of methoxy groups -OCH3 is 2. The molecule has 1 saturated heterocycles. The number of carbonyl (C=O) groups is 2. The zero-order valence-electron chi connectivity index (χ0n) is 17.8. The van der Waals surface area contributed by atoms with Crippen molar-refractivity contribution in [1.29, 1.82) is 0 Å². The van der Waals surface area contributed by atoms with E-state index in [4.69, 9.17) is 14.2 Å². The molecular formula is C23H28N2O5. The molecule has 2 aromatic carbocycles. The Morgan fingerprint density at radius 3 is 2.40 bits per heavy atom. The minimum atomic E-state index is -0.357. The molecule has 30 heavy (non-hydrogen) atoms. The van der Waals surface area contributed by atoms with Gasteiger partial charge in [0.25, 0.3) is 0 Å². The van der Waals surface area contributed by atoms with Gasteiger partial charge in [0.05, 0.1) is 20.1 Å². The number of hydrogen-bond acceptors (Lipinski definition) is 5. The number of likely N-dealkylation sites (tertiary alicyclic amines) is 1. The van der Waals surface area contributed by atoms with Crippen LogP contribution in [0.1, 0.15) is 20.3 Å². The van der Waals surface area contributed by atoms with Gasteiger partial charge in [0.15, 0.2) is 11.5 Å². The maximum Gasteiger partial charge on any atom is 0.229 e. The minimum absolute atomic E-state index is 0.0297. The van der Waals surface area contributed by atoms with E-state index in [9.17, 15) is 9.59 Å². The maximum absolute atomic E-state index is 12.7. The van der Waals surface area contributed by atoms with E-state index in [1.54, 1.807) is 61.6 Å². The first-order valence-corrected chi connectivity index (χ1v) is 9.98. The standard InChI is InChI=1S/C23H28N2O5/c1-15(2)13-25-14-16(11-22(25)26)23(27)24-17-5-10-20(29-4)21(12-17)30-19-8-6-18(28-3)7-9-19/h5-10,12,15-16H,11,13-14H2,1-4H3,(H,24,27)/t16-/m0/s1. The first kappa shape index (κ1) is 21.5. The Kier molecular flexibility index (Phi) is 6.82. The molecule has 0 bridgehead atoms. The zero-order chi connectivity index (χ0) is 21.7. The van der Waals surface area contributed by atoms with Gasteiger partial charge in [-0.2, -0.15) is 0 Å². The first-order chi connectivity index (χ1) is 14.4. The molecule has 1 fully saturated rings. The summed E-state index contributed by atoms with van der Waals surface area (Å²) in [6, 6.07) is 12.4. The van der Waals surface area contributed by atoms with Gasteiger partial charge in [-0.15, -0.1) is 0 Å². The van der Waals surface area contributed by atoms with Crippen LogP contribution in [0.2, 0.25) is 0 Å². The highest BCUT2D eigenvalue weighted by molar-refractivity contribution is 5.97. The summed E-state index contributed by atoms with van der Waals surface area (Å²) in [6.45, 7) is 5.24. The molecule has 1 heterocycles. The van der Waals surface area contributed by atoms with Crippen LogP contribution in [0.4, 0.5) is 5.69 Å². The fourth-order valence-electron chi connectivity index (χ4n) is 3.41. The highest BCUT2D eigenvalue weighted by Gasteiger charge is 2.34. The molecule has 1 N–H and O–H groups in total. The highest BCUT2D eigenvalue weighted by Crippen LogP contribution is 2.35. The van der Waals surface area contributed by atoms with Crippen molar-refractivity contribution in [1.82, 2.24) is 4.90 Å². The summed E-state index contributed by atoms with van der Waals surface area (Å²) in [5.74, 6) is 2.24. The molecule has 0 unspecified atom stereocenters. The third-order valence-corrected chi connectivity index (χ3v) is 4.89. The average Bonchev–Trinajstić information content (AvgIpc) is 3.09. The van der Waals surface area contributed by atoms with Crippen LogP contribution in [0.3, 0.4) is 0 Å². The fraction of sp³-hybridized carbons (Fsp3) is 0.391. The second kappa shape index (κ2) is 9.52. The van der Waals surface area contributed by atoms with Gasteiger partial charge in [-0.1, -0.05) is 13.8 Å². The van der Waals surface area contributed by atoms with Crippen molar-refractivity contribution in [3.63, 3.8) is 0 Å². The average molecular weight is 412 g/mol. The Balaban J connectivity index is 1.69. The zero-order valence-corrected chi connectivity index (χ0v) is 17.8. The van der Waals surface area contributed by atoms with Crippen molar-refractivity contribution in [2.45, 2.75) is 20.3 Å². The third kappa shape index (κ3) is 5.23. The van der Waals surface area contributed by atoms with E-state index in [0.29, 0.717) is 41.9 Å². The number of ether oxygens (including phenoxy) is 3. The van der Waals surface area contributed by atoms with E-state index < -0.39 is 0 Å². The molecule has 1 aliphatic rings. The normalized spacial score (nSPS) is 16.0. The van der Waals surface area contributed by atoms with E-state index in [0.717, 1.165) is 5.75 Å². The molecule has 1 atom stereocenters. The van der Waals surface area contributed by atoms with Crippen molar-refractivity contribution >= 4 is 17.5 Å². The van der Waals surface area contributed by atoms with Crippen molar-refractivity contribution in [2.75, 3.05) is 32.6 Å².